The second-order valence-corrected chi connectivity index (χ2v) is 24.7. The Morgan fingerprint density at radius 1 is 0.329 bits per heavy atom. The van der Waals surface area contributed by atoms with Crippen LogP contribution in [-0.2, 0) is 12.8 Å². The van der Waals surface area contributed by atoms with Gasteiger partial charge < -0.3 is 0 Å². The first-order valence-electron chi connectivity index (χ1n) is 25.8. The molecule has 4 aromatic carbocycles. The van der Waals surface area contributed by atoms with Crippen LogP contribution in [0.4, 0.5) is 0 Å². The summed E-state index contributed by atoms with van der Waals surface area (Å²) in [7, 11) is 0. The lowest BCUT2D eigenvalue weighted by Crippen LogP contribution is -2.11. The van der Waals surface area contributed by atoms with Gasteiger partial charge in [-0.3, -0.25) is 19.2 Å². The lowest BCUT2D eigenvalue weighted by molar-refractivity contribution is 0.101. The molecule has 364 valence electrons. The van der Waals surface area contributed by atoms with Gasteiger partial charge in [0.2, 0.25) is 0 Å². The first-order valence-corrected chi connectivity index (χ1v) is 27.4. The summed E-state index contributed by atoms with van der Waals surface area (Å²) in [6.45, 7) is 35.5. The van der Waals surface area contributed by atoms with Crippen LogP contribution in [-0.4, -0.2) is 23.1 Å². The molecule has 2 aliphatic rings. The van der Waals surface area contributed by atoms with E-state index in [2.05, 4.69) is 147 Å². The van der Waals surface area contributed by atoms with Gasteiger partial charge in [-0.05, 0) is 151 Å². The highest BCUT2D eigenvalue weighted by Gasteiger charge is 2.36. The normalized spacial score (nSPS) is 16.1. The molecule has 2 heterocycles. The van der Waals surface area contributed by atoms with Crippen LogP contribution >= 0.6 is 22.7 Å². The van der Waals surface area contributed by atoms with Gasteiger partial charge in [-0.2, -0.15) is 0 Å². The average molecular weight is 969 g/mol. The molecule has 6 heteroatoms. The quantitative estimate of drug-likeness (QED) is 0.123. The number of ketones is 4. The maximum atomic E-state index is 14.7. The Balaban J connectivity index is 1.53. The summed E-state index contributed by atoms with van der Waals surface area (Å²) >= 11 is 3.02. The first kappa shape index (κ1) is 51.1. The van der Waals surface area contributed by atoms with Crippen molar-refractivity contribution >= 4 is 57.0 Å². The highest BCUT2D eigenvalue weighted by molar-refractivity contribution is 7.12. The summed E-state index contributed by atoms with van der Waals surface area (Å²) in [6.07, 6.45) is 1.18. The maximum absolute atomic E-state index is 14.7. The average Bonchev–Trinajstić information content (AvgIpc) is 4.03. The van der Waals surface area contributed by atoms with Gasteiger partial charge in [0.25, 0.3) is 0 Å². The molecule has 70 heavy (non-hydrogen) atoms. The summed E-state index contributed by atoms with van der Waals surface area (Å²) in [6, 6.07) is 25.2. The molecule has 0 unspecified atom stereocenters. The molecule has 0 saturated heterocycles. The van der Waals surface area contributed by atoms with Gasteiger partial charge in [0.15, 0.2) is 23.1 Å². The zero-order chi connectivity index (χ0) is 50.9. The molecule has 0 atom stereocenters. The molecule has 0 N–H and O–H groups in total. The van der Waals surface area contributed by atoms with Crippen LogP contribution in [0.5, 0.6) is 0 Å². The summed E-state index contributed by atoms with van der Waals surface area (Å²) in [5, 5.41) is 0. The minimum Gasteiger partial charge on any atom is -0.288 e. The molecular weight excluding hydrogens is 897 g/mol. The fourth-order valence-corrected chi connectivity index (χ4v) is 13.2. The van der Waals surface area contributed by atoms with E-state index in [1.807, 2.05) is 36.4 Å². The highest BCUT2D eigenvalue weighted by Crippen LogP contribution is 2.38. The Hall–Kier alpha value is -5.30. The van der Waals surface area contributed by atoms with E-state index >= 15 is 0 Å². The summed E-state index contributed by atoms with van der Waals surface area (Å²) in [4.78, 5) is 58.5. The third kappa shape index (κ3) is 9.24. The van der Waals surface area contributed by atoms with Crippen LogP contribution in [0.25, 0.3) is 11.1 Å². The van der Waals surface area contributed by atoms with E-state index in [0.29, 0.717) is 56.0 Å². The van der Waals surface area contributed by atoms with Crippen molar-refractivity contribution in [3.8, 4) is 0 Å². The van der Waals surface area contributed by atoms with Crippen LogP contribution in [0, 0.1) is 9.06 Å². The molecule has 8 rings (SSSR count). The van der Waals surface area contributed by atoms with Crippen LogP contribution in [0.2, 0.25) is 0 Å². The molecule has 2 aliphatic carbocycles. The van der Waals surface area contributed by atoms with Crippen LogP contribution in [0.1, 0.15) is 266 Å². The van der Waals surface area contributed by atoms with Gasteiger partial charge >= 0.3 is 0 Å². The standard InChI is InChI=1S/C64H72O4S2/c1-31(2)39-17-19-45-53(21-39)61(67)57(59(45)65)55-29-43(27-51-47(35(9)10)23-41(33(5)6)24-48(51)36(11)12)63(69-55)64-44(28-52-49(37(13)14)25-42(34(7)8)26-50(52)38(15)16)30-56(70-64)58-60(66)46-20-18-40(32(3)4)22-54(46)62(58)68/h17-26,29-38H,27-28H2,1-16H3/b57-55-,58-56-,64-63+. The lowest BCUT2D eigenvalue weighted by atomic mass is 9.82. The molecule has 0 radical (unpaired) electrons. The second-order valence-electron chi connectivity index (χ2n) is 22.6. The summed E-state index contributed by atoms with van der Waals surface area (Å²) in [5.41, 5.74) is 16.8. The van der Waals surface area contributed by atoms with Crippen LogP contribution in [0.15, 0.2) is 72.8 Å². The Morgan fingerprint density at radius 3 is 0.886 bits per heavy atom. The molecule has 0 aliphatic heterocycles. The van der Waals surface area contributed by atoms with Crippen LogP contribution < -0.4 is 9.06 Å². The van der Waals surface area contributed by atoms with Crippen LogP contribution in [0.3, 0.4) is 0 Å². The van der Waals surface area contributed by atoms with E-state index in [0.717, 1.165) is 31.3 Å². The van der Waals surface area contributed by atoms with E-state index in [4.69, 9.17) is 0 Å². The molecule has 0 bridgehead atoms. The fraction of sp³-hybridized carbons (Fsp3) is 0.406. The second kappa shape index (κ2) is 19.7. The number of benzene rings is 4. The van der Waals surface area contributed by atoms with Gasteiger partial charge in [0.05, 0.1) is 11.1 Å². The SMILES string of the molecule is CC(C)c1ccc2c(c1)C(=O)/C(=c1/cc(Cc3c(C(C)C)cc(C(C)C)cc3C(C)C)/c(=c3\s/c(=C4/C(=O)c5ccc(C(C)C)cc5C4=O)cc3Cc3c(C(C)C)cc(C(C)C)cc3C(C)C)s1)C2=O. The molecular formula is C64H72O4S2. The van der Waals surface area contributed by atoms with Crippen molar-refractivity contribution in [2.45, 2.75) is 171 Å². The van der Waals surface area contributed by atoms with Gasteiger partial charge in [-0.25, -0.2) is 0 Å². The largest absolute Gasteiger partial charge is 0.288 e. The van der Waals surface area contributed by atoms with Gasteiger partial charge in [-0.1, -0.05) is 159 Å². The predicted molar refractivity (Wildman–Crippen MR) is 294 cm³/mol. The minimum atomic E-state index is -0.238. The number of hydrogen-bond acceptors (Lipinski definition) is 6. The van der Waals surface area contributed by atoms with E-state index in [9.17, 15) is 19.2 Å². The van der Waals surface area contributed by atoms with Crippen molar-refractivity contribution in [3.05, 3.63) is 180 Å². The number of Topliss-reactive ketones (excluding diaryl/α,β-unsaturated/α-hetero) is 4. The third-order valence-corrected chi connectivity index (χ3v) is 17.4. The third-order valence-electron chi connectivity index (χ3n) is 14.9. The van der Waals surface area contributed by atoms with Crippen molar-refractivity contribution in [3.63, 3.8) is 0 Å². The van der Waals surface area contributed by atoms with Crippen molar-refractivity contribution in [2.24, 2.45) is 0 Å². The number of thiophene rings is 2. The number of carbonyl (C=O) groups is 4. The smallest absolute Gasteiger partial charge is 0.199 e. The Labute approximate surface area is 424 Å². The highest BCUT2D eigenvalue weighted by atomic mass is 32.1. The minimum absolute atomic E-state index is 0.201. The van der Waals surface area contributed by atoms with Gasteiger partial charge in [0.1, 0.15) is 0 Å². The zero-order valence-corrected chi connectivity index (χ0v) is 46.0. The zero-order valence-electron chi connectivity index (χ0n) is 44.4. The maximum Gasteiger partial charge on any atom is 0.199 e. The molecule has 6 aromatic rings. The molecule has 0 saturated carbocycles. The number of carbonyl (C=O) groups excluding carboxylic acids is 4. The Morgan fingerprint density at radius 2 is 0.614 bits per heavy atom. The first-order chi connectivity index (χ1) is 33.0. The molecule has 4 nitrogen and oxygen atoms in total. The molecule has 0 fully saturated rings. The predicted octanol–water partition coefficient (Wildman–Crippen LogP) is 15.7. The van der Waals surface area contributed by atoms with Crippen molar-refractivity contribution in [2.75, 3.05) is 0 Å². The Bertz CT molecular complexity index is 3080. The molecule has 2 aromatic heterocycles. The van der Waals surface area contributed by atoms with Crippen molar-refractivity contribution < 1.29 is 19.2 Å². The number of fused-ring (bicyclic) bond motifs is 2. The van der Waals surface area contributed by atoms with E-state index in [-0.39, 0.29) is 69.8 Å². The number of rotatable bonds is 12. The van der Waals surface area contributed by atoms with E-state index in [1.54, 1.807) is 0 Å². The molecule has 0 amide bonds. The summed E-state index contributed by atoms with van der Waals surface area (Å²) in [5.74, 6) is 1.18. The Kier molecular flexibility index (Phi) is 14.4. The monoisotopic (exact) mass is 968 g/mol. The van der Waals surface area contributed by atoms with Crippen molar-refractivity contribution in [1.29, 1.82) is 0 Å². The molecule has 0 spiro atoms. The van der Waals surface area contributed by atoms with Gasteiger partial charge in [0, 0.05) is 40.4 Å². The summed E-state index contributed by atoms with van der Waals surface area (Å²) < 4.78 is 3.25. The topological polar surface area (TPSA) is 68.3 Å². The van der Waals surface area contributed by atoms with E-state index < -0.39 is 0 Å². The van der Waals surface area contributed by atoms with Gasteiger partial charge in [-0.15, -0.1) is 22.7 Å². The lowest BCUT2D eigenvalue weighted by Gasteiger charge is -2.23. The fourth-order valence-electron chi connectivity index (χ4n) is 10.6. The van der Waals surface area contributed by atoms with Crippen molar-refractivity contribution in [1.82, 2.24) is 0 Å². The number of hydrogen-bond donors (Lipinski definition) is 0. The van der Waals surface area contributed by atoms with E-state index in [1.165, 1.54) is 67.2 Å².